The average molecular weight is 476 g/mol. The predicted molar refractivity (Wildman–Crippen MR) is 76.0 cm³/mol. The van der Waals surface area contributed by atoms with Gasteiger partial charge in [-0.3, -0.25) is 0 Å². The van der Waals surface area contributed by atoms with E-state index in [1.165, 1.54) is 0 Å². The van der Waals surface area contributed by atoms with E-state index in [-0.39, 0.29) is 44.1 Å². The smallest absolute Gasteiger partial charge is 0.229 e. The molecule has 0 spiro atoms. The van der Waals surface area contributed by atoms with Gasteiger partial charge in [0.2, 0.25) is 5.95 Å². The Kier molecular flexibility index (Phi) is 6.78. The topological polar surface area (TPSA) is 49.6 Å². The van der Waals surface area contributed by atoms with Gasteiger partial charge < -0.3 is 20.0 Å². The van der Waals surface area contributed by atoms with Crippen molar-refractivity contribution in [1.82, 2.24) is 9.97 Å². The Labute approximate surface area is 151 Å². The molecule has 0 aliphatic carbocycles. The molecular weight excluding hydrogens is 455 g/mol. The van der Waals surface area contributed by atoms with Crippen LogP contribution in [0.3, 0.4) is 0 Å². The molecule has 1 fully saturated rings. The van der Waals surface area contributed by atoms with Crippen LogP contribution in [-0.2, 0) is 0 Å². The molecule has 2 heterocycles. The average Bonchev–Trinajstić information content (AvgIpc) is 2.39. The number of aromatic nitrogens is 2. The third-order valence-electron chi connectivity index (χ3n) is 2.94. The van der Waals surface area contributed by atoms with Crippen LogP contribution in [-0.4, -0.2) is 64.3 Å². The fourth-order valence-electron chi connectivity index (χ4n) is 1.82. The Morgan fingerprint density at radius 2 is 1.47 bits per heavy atom. The maximum Gasteiger partial charge on any atom is 0.229 e. The van der Waals surface area contributed by atoms with Crippen molar-refractivity contribution < 1.29 is 44.1 Å². The third-order valence-corrected chi connectivity index (χ3v) is 2.94. The van der Waals surface area contributed by atoms with E-state index < -0.39 is 0 Å². The van der Waals surface area contributed by atoms with Crippen LogP contribution < -0.4 is 14.7 Å². The number of rotatable bonds is 3. The number of anilines is 3. The van der Waals surface area contributed by atoms with Gasteiger partial charge in [-0.15, -0.1) is 13.1 Å². The molecule has 1 aromatic heterocycles. The van der Waals surface area contributed by atoms with Crippen molar-refractivity contribution in [3.05, 3.63) is 11.4 Å². The molecule has 1 aromatic rings. The van der Waals surface area contributed by atoms with E-state index in [4.69, 9.17) is 0 Å². The molecule has 1 radical (unpaired) electrons. The largest absolute Gasteiger partial charge is 0.659 e. The number of hydrogen-bond donors (Lipinski definition) is 0. The Morgan fingerprint density at radius 3 is 1.89 bits per heavy atom. The Bertz CT molecular complexity index is 377. The minimum atomic E-state index is 0. The van der Waals surface area contributed by atoms with Gasteiger partial charge in [-0.2, -0.15) is 9.97 Å². The summed E-state index contributed by atoms with van der Waals surface area (Å²) in [4.78, 5) is 15.4. The first-order valence-corrected chi connectivity index (χ1v) is 6.20. The summed E-state index contributed by atoms with van der Waals surface area (Å²) in [6, 6.07) is 2.00. The Morgan fingerprint density at radius 1 is 1.00 bits per heavy atom. The van der Waals surface area contributed by atoms with Gasteiger partial charge in [0.15, 0.2) is 0 Å². The molecule has 0 atom stereocenters. The summed E-state index contributed by atoms with van der Waals surface area (Å²) in [6.07, 6.45) is 0. The van der Waals surface area contributed by atoms with Crippen LogP contribution in [0.2, 0.25) is 0 Å². The molecule has 19 heavy (non-hydrogen) atoms. The van der Waals surface area contributed by atoms with Crippen molar-refractivity contribution in [1.29, 1.82) is 0 Å². The predicted octanol–water partition coefficient (Wildman–Crippen LogP) is 0.802. The molecule has 1 aliphatic rings. The standard InChI is InChI=1S/C12H21N6.Ac/c1-16(2)10-9-11(17(3)4)15-12(14-10)18-7-5-13-6-8-18;/h9H,5-8H2,1-4H3;/q-1;. The molecule has 0 saturated carbocycles. The van der Waals surface area contributed by atoms with Crippen molar-refractivity contribution in [2.75, 3.05) is 69.1 Å². The van der Waals surface area contributed by atoms with Crippen molar-refractivity contribution in [3.63, 3.8) is 0 Å². The van der Waals surface area contributed by atoms with Crippen molar-refractivity contribution >= 4 is 17.6 Å². The number of hydrogen-bond acceptors (Lipinski definition) is 5. The van der Waals surface area contributed by atoms with Crippen LogP contribution in [0, 0.1) is 44.1 Å². The first-order valence-electron chi connectivity index (χ1n) is 6.20. The second-order valence-corrected chi connectivity index (χ2v) is 4.83. The van der Waals surface area contributed by atoms with Gasteiger partial charge in [-0.05, 0) is 0 Å². The first-order chi connectivity index (χ1) is 8.58. The van der Waals surface area contributed by atoms with Crippen LogP contribution in [0.5, 0.6) is 0 Å². The molecule has 7 heteroatoms. The van der Waals surface area contributed by atoms with Crippen molar-refractivity contribution in [2.24, 2.45) is 0 Å². The SMILES string of the molecule is CN(C)c1cc(N(C)C)nc(N2CC[N-]CC2)n1.[Ac]. The molecular formula is C12H21AcN6-. The second-order valence-electron chi connectivity index (χ2n) is 4.83. The van der Waals surface area contributed by atoms with Crippen molar-refractivity contribution in [3.8, 4) is 0 Å². The summed E-state index contributed by atoms with van der Waals surface area (Å²) in [7, 11) is 7.99. The quantitative estimate of drug-likeness (QED) is 0.647. The third kappa shape index (κ3) is 4.44. The van der Waals surface area contributed by atoms with Crippen LogP contribution in [0.15, 0.2) is 6.07 Å². The van der Waals surface area contributed by atoms with Gasteiger partial charge in [0.25, 0.3) is 0 Å². The zero-order chi connectivity index (χ0) is 13.1. The molecule has 103 valence electrons. The van der Waals surface area contributed by atoms with E-state index >= 15 is 0 Å². The van der Waals surface area contributed by atoms with Crippen LogP contribution in [0.1, 0.15) is 0 Å². The summed E-state index contributed by atoms with van der Waals surface area (Å²) < 4.78 is 0. The fraction of sp³-hybridized carbons (Fsp3) is 0.667. The minimum absolute atomic E-state index is 0. The summed E-state index contributed by atoms with van der Waals surface area (Å²) in [5.74, 6) is 2.68. The van der Waals surface area contributed by atoms with Gasteiger partial charge in [0, 0.05) is 91.4 Å². The molecule has 1 aliphatic heterocycles. The number of piperazine rings is 1. The van der Waals surface area contributed by atoms with Crippen LogP contribution >= 0.6 is 0 Å². The van der Waals surface area contributed by atoms with Gasteiger partial charge in [0.05, 0.1) is 0 Å². The molecule has 1 saturated heterocycles. The van der Waals surface area contributed by atoms with E-state index in [1.807, 2.05) is 44.1 Å². The molecule has 0 unspecified atom stereocenters. The molecule has 6 nitrogen and oxygen atoms in total. The monoisotopic (exact) mass is 476 g/mol. The Hall–Kier alpha value is -0.118. The summed E-state index contributed by atoms with van der Waals surface area (Å²) >= 11 is 0. The molecule has 0 bridgehead atoms. The van der Waals surface area contributed by atoms with Gasteiger partial charge >= 0.3 is 0 Å². The first kappa shape index (κ1) is 16.9. The minimum Gasteiger partial charge on any atom is -0.659 e. The summed E-state index contributed by atoms with van der Waals surface area (Å²) in [5, 5.41) is 4.35. The van der Waals surface area contributed by atoms with Crippen molar-refractivity contribution in [2.45, 2.75) is 0 Å². The maximum atomic E-state index is 4.61. The Balaban J connectivity index is 0.00000180. The zero-order valence-electron chi connectivity index (χ0n) is 12.2. The molecule has 0 amide bonds. The van der Waals surface area contributed by atoms with Gasteiger partial charge in [0.1, 0.15) is 11.6 Å². The van der Waals surface area contributed by atoms with E-state index in [0.29, 0.717) is 0 Å². The maximum absolute atomic E-state index is 4.61. The second kappa shape index (κ2) is 7.61. The summed E-state index contributed by atoms with van der Waals surface area (Å²) in [6.45, 7) is 3.55. The van der Waals surface area contributed by atoms with E-state index in [0.717, 1.165) is 43.8 Å². The molecule has 0 N–H and O–H groups in total. The van der Waals surface area contributed by atoms with Gasteiger partial charge in [-0.1, -0.05) is 0 Å². The van der Waals surface area contributed by atoms with E-state index in [1.54, 1.807) is 0 Å². The molecule has 2 rings (SSSR count). The van der Waals surface area contributed by atoms with Crippen LogP contribution in [0.25, 0.3) is 5.32 Å². The molecule has 0 aromatic carbocycles. The number of nitrogens with zero attached hydrogens (tertiary/aromatic N) is 6. The zero-order valence-corrected chi connectivity index (χ0v) is 16.9. The van der Waals surface area contributed by atoms with E-state index in [2.05, 4.69) is 20.2 Å². The van der Waals surface area contributed by atoms with E-state index in [9.17, 15) is 0 Å². The summed E-state index contributed by atoms with van der Waals surface area (Å²) in [5.41, 5.74) is 0. The van der Waals surface area contributed by atoms with Gasteiger partial charge in [-0.25, -0.2) is 0 Å². The fourth-order valence-corrected chi connectivity index (χ4v) is 1.82. The van der Waals surface area contributed by atoms with Crippen LogP contribution in [0.4, 0.5) is 17.6 Å². The normalized spacial score (nSPS) is 14.8.